The maximum absolute atomic E-state index is 11.5. The SMILES string of the molecule is C=C(C)C(=O)OC(CC)C(I)(CC)CC. The largest absolute Gasteiger partial charge is 0.458 e. The summed E-state index contributed by atoms with van der Waals surface area (Å²) >= 11 is 2.41. The van der Waals surface area contributed by atoms with E-state index in [0.29, 0.717) is 5.57 Å². The Balaban J connectivity index is 4.61. The molecule has 0 amide bonds. The fraction of sp³-hybridized carbons (Fsp3) is 0.750. The summed E-state index contributed by atoms with van der Waals surface area (Å²) in [5.74, 6) is -0.273. The van der Waals surface area contributed by atoms with Crippen molar-refractivity contribution in [1.82, 2.24) is 0 Å². The highest BCUT2D eigenvalue weighted by Gasteiger charge is 2.34. The summed E-state index contributed by atoms with van der Waals surface area (Å²) in [7, 11) is 0. The van der Waals surface area contributed by atoms with Gasteiger partial charge in [-0.15, -0.1) is 0 Å². The van der Waals surface area contributed by atoms with Crippen LogP contribution in [0, 0.1) is 0 Å². The van der Waals surface area contributed by atoms with E-state index in [1.165, 1.54) is 0 Å². The van der Waals surface area contributed by atoms with Crippen molar-refractivity contribution >= 4 is 28.6 Å². The minimum Gasteiger partial charge on any atom is -0.458 e. The molecule has 0 bridgehead atoms. The van der Waals surface area contributed by atoms with Crippen molar-refractivity contribution in [2.45, 2.75) is 56.5 Å². The first-order chi connectivity index (χ1) is 6.91. The van der Waals surface area contributed by atoms with Gasteiger partial charge < -0.3 is 4.74 Å². The molecular weight excluding hydrogens is 303 g/mol. The van der Waals surface area contributed by atoms with E-state index < -0.39 is 0 Å². The van der Waals surface area contributed by atoms with Crippen LogP contribution < -0.4 is 0 Å². The topological polar surface area (TPSA) is 26.3 Å². The van der Waals surface area contributed by atoms with Gasteiger partial charge in [-0.3, -0.25) is 0 Å². The molecule has 1 unspecified atom stereocenters. The lowest BCUT2D eigenvalue weighted by atomic mass is 9.94. The van der Waals surface area contributed by atoms with Crippen LogP contribution in [0.1, 0.15) is 47.0 Å². The highest BCUT2D eigenvalue weighted by Crippen LogP contribution is 2.34. The Morgan fingerprint density at radius 3 is 2.13 bits per heavy atom. The minimum atomic E-state index is -0.273. The third kappa shape index (κ3) is 4.13. The summed E-state index contributed by atoms with van der Waals surface area (Å²) in [4.78, 5) is 11.5. The van der Waals surface area contributed by atoms with Crippen molar-refractivity contribution in [2.24, 2.45) is 0 Å². The molecule has 0 spiro atoms. The molecule has 0 aromatic heterocycles. The number of alkyl halides is 1. The summed E-state index contributed by atoms with van der Waals surface area (Å²) in [5.41, 5.74) is 0.472. The first-order valence-corrected chi connectivity index (χ1v) is 6.54. The second kappa shape index (κ2) is 6.51. The highest BCUT2D eigenvalue weighted by atomic mass is 127. The summed E-state index contributed by atoms with van der Waals surface area (Å²) in [6.45, 7) is 11.6. The number of hydrogen-bond donors (Lipinski definition) is 0. The van der Waals surface area contributed by atoms with Gasteiger partial charge in [-0.2, -0.15) is 0 Å². The van der Waals surface area contributed by atoms with Crippen LogP contribution in [-0.4, -0.2) is 15.5 Å². The number of esters is 1. The minimum absolute atomic E-state index is 0.0164. The molecule has 0 fully saturated rings. The molecule has 0 aliphatic rings. The Bertz CT molecular complexity index is 232. The Morgan fingerprint density at radius 2 is 1.87 bits per heavy atom. The van der Waals surface area contributed by atoms with Gasteiger partial charge in [-0.25, -0.2) is 4.79 Å². The lowest BCUT2D eigenvalue weighted by Crippen LogP contribution is -2.38. The van der Waals surface area contributed by atoms with Crippen LogP contribution >= 0.6 is 22.6 Å². The molecule has 0 saturated carbocycles. The molecule has 0 rings (SSSR count). The summed E-state index contributed by atoms with van der Waals surface area (Å²) in [6, 6.07) is 0. The van der Waals surface area contributed by atoms with Crippen molar-refractivity contribution in [1.29, 1.82) is 0 Å². The Kier molecular flexibility index (Phi) is 6.48. The van der Waals surface area contributed by atoms with E-state index in [0.717, 1.165) is 19.3 Å². The van der Waals surface area contributed by atoms with Crippen LogP contribution in [0.4, 0.5) is 0 Å². The number of carbonyl (C=O) groups excluding carboxylic acids is 1. The third-order valence-electron chi connectivity index (χ3n) is 2.72. The van der Waals surface area contributed by atoms with Crippen LogP contribution in [0.25, 0.3) is 0 Å². The van der Waals surface area contributed by atoms with E-state index >= 15 is 0 Å². The first-order valence-electron chi connectivity index (χ1n) is 5.46. The molecule has 0 aliphatic heterocycles. The van der Waals surface area contributed by atoms with Crippen molar-refractivity contribution in [3.8, 4) is 0 Å². The molecule has 3 heteroatoms. The van der Waals surface area contributed by atoms with Gasteiger partial charge in [0.1, 0.15) is 6.10 Å². The quantitative estimate of drug-likeness (QED) is 0.321. The molecule has 15 heavy (non-hydrogen) atoms. The van der Waals surface area contributed by atoms with E-state index in [1.807, 2.05) is 0 Å². The van der Waals surface area contributed by atoms with Crippen molar-refractivity contribution < 1.29 is 9.53 Å². The van der Waals surface area contributed by atoms with Gasteiger partial charge in [0.15, 0.2) is 0 Å². The van der Waals surface area contributed by atoms with Gasteiger partial charge in [0.2, 0.25) is 0 Å². The number of ether oxygens (including phenoxy) is 1. The molecule has 0 N–H and O–H groups in total. The van der Waals surface area contributed by atoms with E-state index in [-0.39, 0.29) is 15.5 Å². The molecule has 0 aliphatic carbocycles. The molecule has 1 atom stereocenters. The van der Waals surface area contributed by atoms with E-state index in [4.69, 9.17) is 4.74 Å². The summed E-state index contributed by atoms with van der Waals surface area (Å²) in [6.07, 6.45) is 2.85. The highest BCUT2D eigenvalue weighted by molar-refractivity contribution is 14.1. The first kappa shape index (κ1) is 14.9. The zero-order chi connectivity index (χ0) is 12.1. The van der Waals surface area contributed by atoms with Gasteiger partial charge in [-0.05, 0) is 26.2 Å². The molecule has 0 aromatic carbocycles. The van der Waals surface area contributed by atoms with Crippen LogP contribution in [0.3, 0.4) is 0 Å². The fourth-order valence-electron chi connectivity index (χ4n) is 1.49. The summed E-state index contributed by atoms with van der Waals surface area (Å²) in [5, 5.41) is 0. The molecule has 2 nitrogen and oxygen atoms in total. The van der Waals surface area contributed by atoms with Crippen molar-refractivity contribution in [3.63, 3.8) is 0 Å². The standard InChI is InChI=1S/C12H21IO2/c1-6-10(12(13,7-2)8-3)15-11(14)9(4)5/h10H,4,6-8H2,1-3,5H3. The Morgan fingerprint density at radius 1 is 1.40 bits per heavy atom. The van der Waals surface area contributed by atoms with E-state index in [2.05, 4.69) is 49.9 Å². The molecule has 88 valence electrons. The third-order valence-corrected chi connectivity index (χ3v) is 4.94. The van der Waals surface area contributed by atoms with Crippen molar-refractivity contribution in [3.05, 3.63) is 12.2 Å². The Hall–Kier alpha value is -0.0600. The zero-order valence-electron chi connectivity index (χ0n) is 10.1. The average molecular weight is 324 g/mol. The van der Waals surface area contributed by atoms with E-state index in [9.17, 15) is 4.79 Å². The molecule has 0 heterocycles. The number of halogens is 1. The Labute approximate surface area is 107 Å². The monoisotopic (exact) mass is 324 g/mol. The maximum Gasteiger partial charge on any atom is 0.333 e. The zero-order valence-corrected chi connectivity index (χ0v) is 12.3. The smallest absolute Gasteiger partial charge is 0.333 e. The number of hydrogen-bond acceptors (Lipinski definition) is 2. The van der Waals surface area contributed by atoms with E-state index in [1.54, 1.807) is 6.92 Å². The molecular formula is C12H21IO2. The summed E-state index contributed by atoms with van der Waals surface area (Å²) < 4.78 is 5.52. The maximum atomic E-state index is 11.5. The van der Waals surface area contributed by atoms with Crippen LogP contribution in [0.15, 0.2) is 12.2 Å². The van der Waals surface area contributed by atoms with Crippen molar-refractivity contribution in [2.75, 3.05) is 0 Å². The number of rotatable bonds is 6. The molecule has 0 radical (unpaired) electrons. The van der Waals surface area contributed by atoms with Gasteiger partial charge in [-0.1, -0.05) is 49.9 Å². The fourth-order valence-corrected chi connectivity index (χ4v) is 2.06. The average Bonchev–Trinajstić information content (AvgIpc) is 2.24. The second-order valence-corrected chi connectivity index (χ2v) is 5.97. The van der Waals surface area contributed by atoms with Gasteiger partial charge >= 0.3 is 5.97 Å². The lowest BCUT2D eigenvalue weighted by molar-refractivity contribution is -0.145. The van der Waals surface area contributed by atoms with Gasteiger partial charge in [0, 0.05) is 5.57 Å². The predicted molar refractivity (Wildman–Crippen MR) is 72.3 cm³/mol. The van der Waals surface area contributed by atoms with Crippen LogP contribution in [-0.2, 0) is 9.53 Å². The normalized spacial score (nSPS) is 13.4. The predicted octanol–water partition coefficient (Wildman–Crippen LogP) is 3.88. The van der Waals surface area contributed by atoms with Crippen LogP contribution in [0.2, 0.25) is 0 Å². The van der Waals surface area contributed by atoms with Gasteiger partial charge in [0.05, 0.1) is 3.42 Å². The molecule has 0 aromatic rings. The lowest BCUT2D eigenvalue weighted by Gasteiger charge is -2.33. The van der Waals surface area contributed by atoms with Gasteiger partial charge in [0.25, 0.3) is 0 Å². The second-order valence-electron chi connectivity index (χ2n) is 3.82. The number of carbonyl (C=O) groups is 1. The van der Waals surface area contributed by atoms with Crippen LogP contribution in [0.5, 0.6) is 0 Å². The molecule has 0 saturated heterocycles.